The summed E-state index contributed by atoms with van der Waals surface area (Å²) in [6.45, 7) is 3.80. The highest BCUT2D eigenvalue weighted by Crippen LogP contribution is 2.24. The van der Waals surface area contributed by atoms with Crippen molar-refractivity contribution in [3.05, 3.63) is 35.9 Å². The first kappa shape index (κ1) is 20.1. The number of benzene rings is 1. The summed E-state index contributed by atoms with van der Waals surface area (Å²) < 4.78 is 24.0. The molecule has 2 heterocycles. The maximum atomic E-state index is 12.6. The van der Waals surface area contributed by atoms with Crippen LogP contribution in [0.25, 0.3) is 0 Å². The second-order valence-electron chi connectivity index (χ2n) is 7.14. The van der Waals surface area contributed by atoms with Crippen LogP contribution in [-0.2, 0) is 10.2 Å². The fourth-order valence-corrected chi connectivity index (χ4v) is 4.48. The number of nitrogens with one attached hydrogen (secondary N) is 1. The molecule has 1 atom stereocenters. The second-order valence-corrected chi connectivity index (χ2v) is 8.69. The molecular formula is C18H29N5O3S. The highest BCUT2D eigenvalue weighted by Gasteiger charge is 2.28. The largest absolute Gasteiger partial charge is 0.336 e. The third kappa shape index (κ3) is 5.41. The quantitative estimate of drug-likeness (QED) is 0.768. The Hall–Kier alpha value is -1.68. The molecule has 2 aliphatic heterocycles. The summed E-state index contributed by atoms with van der Waals surface area (Å²) in [5.74, 6) is 0. The number of likely N-dealkylation sites (tertiary alicyclic amines) is 1. The van der Waals surface area contributed by atoms with Gasteiger partial charge in [-0.25, -0.2) is 9.93 Å². The number of rotatable bonds is 5. The predicted molar refractivity (Wildman–Crippen MR) is 104 cm³/mol. The fourth-order valence-electron chi connectivity index (χ4n) is 3.80. The zero-order valence-corrected chi connectivity index (χ0v) is 16.4. The Labute approximate surface area is 161 Å². The number of hydrogen-bond donors (Lipinski definition) is 2. The van der Waals surface area contributed by atoms with Crippen molar-refractivity contribution in [1.82, 2.24) is 19.4 Å². The van der Waals surface area contributed by atoms with Crippen molar-refractivity contribution >= 4 is 16.2 Å². The van der Waals surface area contributed by atoms with Gasteiger partial charge in [0.05, 0.1) is 6.04 Å². The molecule has 9 heteroatoms. The Bertz CT molecular complexity index is 714. The summed E-state index contributed by atoms with van der Waals surface area (Å²) in [5.41, 5.74) is 1.21. The number of nitrogens with two attached hydrogens (primary N) is 1. The molecule has 0 aromatic heterocycles. The van der Waals surface area contributed by atoms with Crippen LogP contribution in [-0.4, -0.2) is 74.4 Å². The molecule has 0 unspecified atom stereocenters. The number of urea groups is 1. The van der Waals surface area contributed by atoms with Crippen molar-refractivity contribution in [2.45, 2.75) is 25.3 Å². The maximum absolute atomic E-state index is 12.6. The van der Waals surface area contributed by atoms with Crippen LogP contribution in [0.3, 0.4) is 0 Å². The zero-order chi connectivity index (χ0) is 19.3. The number of piperazine rings is 1. The lowest BCUT2D eigenvalue weighted by Gasteiger charge is -2.36. The van der Waals surface area contributed by atoms with Crippen LogP contribution >= 0.6 is 0 Å². The summed E-state index contributed by atoms with van der Waals surface area (Å²) >= 11 is 0. The number of piperidine rings is 1. The van der Waals surface area contributed by atoms with Gasteiger partial charge in [0, 0.05) is 32.7 Å². The van der Waals surface area contributed by atoms with E-state index in [1.165, 1.54) is 29.1 Å². The van der Waals surface area contributed by atoms with Gasteiger partial charge >= 0.3 is 6.03 Å². The van der Waals surface area contributed by atoms with Gasteiger partial charge in [-0.15, -0.1) is 0 Å². The molecule has 3 rings (SSSR count). The van der Waals surface area contributed by atoms with E-state index in [2.05, 4.69) is 22.3 Å². The van der Waals surface area contributed by atoms with Crippen molar-refractivity contribution in [2.24, 2.45) is 5.14 Å². The molecule has 2 fully saturated rings. The number of carbonyl (C=O) groups is 1. The molecule has 1 aromatic carbocycles. The highest BCUT2D eigenvalue weighted by molar-refractivity contribution is 7.86. The molecule has 0 radical (unpaired) electrons. The van der Waals surface area contributed by atoms with Gasteiger partial charge in [-0.3, -0.25) is 4.90 Å². The van der Waals surface area contributed by atoms with Gasteiger partial charge in [0.2, 0.25) is 0 Å². The molecule has 0 bridgehead atoms. The third-order valence-electron chi connectivity index (χ3n) is 5.35. The van der Waals surface area contributed by atoms with E-state index >= 15 is 0 Å². The van der Waals surface area contributed by atoms with E-state index in [4.69, 9.17) is 5.14 Å². The summed E-state index contributed by atoms with van der Waals surface area (Å²) in [4.78, 5) is 16.7. The molecule has 3 N–H and O–H groups in total. The first-order chi connectivity index (χ1) is 12.9. The molecule has 0 saturated carbocycles. The van der Waals surface area contributed by atoms with E-state index in [-0.39, 0.29) is 25.2 Å². The standard InChI is InChI=1S/C18H29N5O3S/c19-27(25,26)23-13-11-22(12-14-23)18(24)20-15-17(16-7-3-1-4-8-16)21-9-5-2-6-10-21/h1,3-4,7-8,17H,2,5-6,9-15H2,(H,20,24)(H2,19,25,26)/t17-/m0/s1. The van der Waals surface area contributed by atoms with E-state index in [1.54, 1.807) is 4.90 Å². The molecule has 150 valence electrons. The lowest BCUT2D eigenvalue weighted by Crippen LogP contribution is -2.55. The van der Waals surface area contributed by atoms with Gasteiger partial charge in [-0.1, -0.05) is 36.8 Å². The zero-order valence-electron chi connectivity index (χ0n) is 15.6. The smallest absolute Gasteiger partial charge is 0.317 e. The van der Waals surface area contributed by atoms with Gasteiger partial charge < -0.3 is 10.2 Å². The molecule has 1 aromatic rings. The molecule has 2 saturated heterocycles. The second kappa shape index (κ2) is 9.01. The van der Waals surface area contributed by atoms with Crippen LogP contribution in [0, 0.1) is 0 Å². The Balaban J connectivity index is 1.58. The van der Waals surface area contributed by atoms with E-state index in [0.717, 1.165) is 13.1 Å². The average molecular weight is 396 g/mol. The summed E-state index contributed by atoms with van der Waals surface area (Å²) in [5, 5.41) is 8.20. The number of carbonyl (C=O) groups excluding carboxylic acids is 1. The molecule has 2 amide bonds. The maximum Gasteiger partial charge on any atom is 0.317 e. The van der Waals surface area contributed by atoms with Crippen LogP contribution in [0.4, 0.5) is 4.79 Å². The molecule has 27 heavy (non-hydrogen) atoms. The highest BCUT2D eigenvalue weighted by atomic mass is 32.2. The Morgan fingerprint density at radius 2 is 1.63 bits per heavy atom. The number of amides is 2. The first-order valence-electron chi connectivity index (χ1n) is 9.55. The van der Waals surface area contributed by atoms with Gasteiger partial charge in [-0.2, -0.15) is 12.7 Å². The molecular weight excluding hydrogens is 366 g/mol. The normalized spacial score (nSPS) is 21.0. The molecule has 0 aliphatic carbocycles. The molecule has 2 aliphatic rings. The predicted octanol–water partition coefficient (Wildman–Crippen LogP) is 0.744. The van der Waals surface area contributed by atoms with E-state index in [1.807, 2.05) is 18.2 Å². The van der Waals surface area contributed by atoms with Crippen molar-refractivity contribution in [3.8, 4) is 0 Å². The van der Waals surface area contributed by atoms with Gasteiger partial charge in [-0.05, 0) is 31.5 Å². The number of hydrogen-bond acceptors (Lipinski definition) is 4. The van der Waals surface area contributed by atoms with Crippen LogP contribution in [0.15, 0.2) is 30.3 Å². The van der Waals surface area contributed by atoms with Crippen molar-refractivity contribution < 1.29 is 13.2 Å². The topological polar surface area (TPSA) is 99.0 Å². The third-order valence-corrected chi connectivity index (χ3v) is 6.43. The van der Waals surface area contributed by atoms with Crippen molar-refractivity contribution in [1.29, 1.82) is 0 Å². The van der Waals surface area contributed by atoms with Crippen LogP contribution in [0.1, 0.15) is 30.9 Å². The SMILES string of the molecule is NS(=O)(=O)N1CCN(C(=O)NC[C@@H](c2ccccc2)N2CCCCC2)CC1. The lowest BCUT2D eigenvalue weighted by atomic mass is 10.0. The van der Waals surface area contributed by atoms with Gasteiger partial charge in [0.1, 0.15) is 0 Å². The van der Waals surface area contributed by atoms with Crippen LogP contribution in [0.5, 0.6) is 0 Å². The minimum absolute atomic E-state index is 0.151. The minimum atomic E-state index is -3.68. The summed E-state index contributed by atoms with van der Waals surface area (Å²) in [6.07, 6.45) is 3.64. The summed E-state index contributed by atoms with van der Waals surface area (Å²) in [7, 11) is -3.68. The molecule has 8 nitrogen and oxygen atoms in total. The van der Waals surface area contributed by atoms with E-state index in [9.17, 15) is 13.2 Å². The van der Waals surface area contributed by atoms with Gasteiger partial charge in [0.25, 0.3) is 10.2 Å². The van der Waals surface area contributed by atoms with Crippen molar-refractivity contribution in [2.75, 3.05) is 45.8 Å². The van der Waals surface area contributed by atoms with E-state index in [0.29, 0.717) is 19.6 Å². The number of nitrogens with zero attached hydrogens (tertiary/aromatic N) is 3. The first-order valence-corrected chi connectivity index (χ1v) is 11.0. The lowest BCUT2D eigenvalue weighted by molar-refractivity contribution is 0.148. The van der Waals surface area contributed by atoms with Crippen molar-refractivity contribution in [3.63, 3.8) is 0 Å². The fraction of sp³-hybridized carbons (Fsp3) is 0.611. The average Bonchev–Trinajstić information content (AvgIpc) is 2.69. The monoisotopic (exact) mass is 395 g/mol. The van der Waals surface area contributed by atoms with E-state index < -0.39 is 10.2 Å². The Morgan fingerprint density at radius 3 is 2.22 bits per heavy atom. The summed E-state index contributed by atoms with van der Waals surface area (Å²) in [6, 6.07) is 10.3. The Morgan fingerprint density at radius 1 is 1.00 bits per heavy atom. The van der Waals surface area contributed by atoms with Gasteiger partial charge in [0.15, 0.2) is 0 Å². The molecule has 0 spiro atoms. The van der Waals surface area contributed by atoms with Crippen LogP contribution < -0.4 is 10.5 Å². The Kier molecular flexibility index (Phi) is 6.69. The minimum Gasteiger partial charge on any atom is -0.336 e. The van der Waals surface area contributed by atoms with Crippen LogP contribution in [0.2, 0.25) is 0 Å².